The van der Waals surface area contributed by atoms with Gasteiger partial charge in [-0.15, -0.1) is 0 Å². The van der Waals surface area contributed by atoms with Gasteiger partial charge in [0.2, 0.25) is 5.91 Å². The fourth-order valence-electron chi connectivity index (χ4n) is 1.80. The highest BCUT2D eigenvalue weighted by molar-refractivity contribution is 5.92. The van der Waals surface area contributed by atoms with Crippen molar-refractivity contribution in [3.05, 3.63) is 65.7 Å². The third-order valence-electron chi connectivity index (χ3n) is 2.72. The summed E-state index contributed by atoms with van der Waals surface area (Å²) < 4.78 is 0. The van der Waals surface area contributed by atoms with Crippen molar-refractivity contribution in [2.75, 3.05) is 5.32 Å². The molecule has 0 saturated heterocycles. The number of hydrogen-bond donors (Lipinski definition) is 2. The zero-order valence-electron chi connectivity index (χ0n) is 10.1. The lowest BCUT2D eigenvalue weighted by atomic mass is 10.1. The number of anilines is 1. The van der Waals surface area contributed by atoms with Gasteiger partial charge in [0.1, 0.15) is 0 Å². The van der Waals surface area contributed by atoms with E-state index in [4.69, 9.17) is 5.73 Å². The average Bonchev–Trinajstić information content (AvgIpc) is 2.40. The number of benzene rings is 2. The Morgan fingerprint density at radius 1 is 1.00 bits per heavy atom. The smallest absolute Gasteiger partial charge is 0.228 e. The van der Waals surface area contributed by atoms with Crippen molar-refractivity contribution in [2.45, 2.75) is 13.0 Å². The molecule has 2 aromatic rings. The van der Waals surface area contributed by atoms with Crippen LogP contribution in [0.3, 0.4) is 0 Å². The minimum absolute atomic E-state index is 0.0258. The van der Waals surface area contributed by atoms with Gasteiger partial charge in [-0.1, -0.05) is 48.5 Å². The van der Waals surface area contributed by atoms with Crippen LogP contribution >= 0.6 is 0 Å². The zero-order chi connectivity index (χ0) is 12.8. The van der Waals surface area contributed by atoms with Crippen LogP contribution in [0.5, 0.6) is 0 Å². The Kier molecular flexibility index (Phi) is 4.10. The number of amides is 1. The second-order valence-corrected chi connectivity index (χ2v) is 4.07. The zero-order valence-corrected chi connectivity index (χ0v) is 10.1. The van der Waals surface area contributed by atoms with Crippen molar-refractivity contribution >= 4 is 11.6 Å². The molecule has 0 aliphatic carbocycles. The van der Waals surface area contributed by atoms with E-state index in [0.717, 1.165) is 16.8 Å². The summed E-state index contributed by atoms with van der Waals surface area (Å²) >= 11 is 0. The highest BCUT2D eigenvalue weighted by Crippen LogP contribution is 2.14. The van der Waals surface area contributed by atoms with Crippen LogP contribution in [-0.2, 0) is 17.8 Å². The SMILES string of the molecule is NCc1ccccc1NC(=O)Cc1ccccc1. The molecule has 3 nitrogen and oxygen atoms in total. The maximum Gasteiger partial charge on any atom is 0.228 e. The number of nitrogens with one attached hydrogen (secondary N) is 1. The number of carbonyl (C=O) groups is 1. The fraction of sp³-hybridized carbons (Fsp3) is 0.133. The molecule has 0 saturated carbocycles. The molecule has 0 aliphatic heterocycles. The summed E-state index contributed by atoms with van der Waals surface area (Å²) in [4.78, 5) is 11.9. The molecule has 0 aliphatic rings. The van der Waals surface area contributed by atoms with Gasteiger partial charge in [0.25, 0.3) is 0 Å². The van der Waals surface area contributed by atoms with Gasteiger partial charge in [-0.25, -0.2) is 0 Å². The Bertz CT molecular complexity index is 523. The van der Waals surface area contributed by atoms with Crippen molar-refractivity contribution in [2.24, 2.45) is 5.73 Å². The van der Waals surface area contributed by atoms with E-state index in [2.05, 4.69) is 5.32 Å². The van der Waals surface area contributed by atoms with Crippen LogP contribution in [0, 0.1) is 0 Å². The van der Waals surface area contributed by atoms with E-state index in [9.17, 15) is 4.79 Å². The second kappa shape index (κ2) is 5.98. The molecule has 92 valence electrons. The molecule has 2 aromatic carbocycles. The van der Waals surface area contributed by atoms with E-state index in [-0.39, 0.29) is 5.91 Å². The minimum atomic E-state index is -0.0258. The molecule has 0 radical (unpaired) electrons. The standard InChI is InChI=1S/C15H16N2O/c16-11-13-8-4-5-9-14(13)17-15(18)10-12-6-2-1-3-7-12/h1-9H,10-11,16H2,(H,17,18). The number of hydrogen-bond acceptors (Lipinski definition) is 2. The summed E-state index contributed by atoms with van der Waals surface area (Å²) in [6, 6.07) is 17.2. The molecule has 1 amide bonds. The van der Waals surface area contributed by atoms with E-state index in [1.54, 1.807) is 0 Å². The molecule has 0 heterocycles. The topological polar surface area (TPSA) is 55.1 Å². The number of nitrogens with two attached hydrogens (primary N) is 1. The molecule has 2 rings (SSSR count). The Morgan fingerprint density at radius 3 is 2.39 bits per heavy atom. The highest BCUT2D eigenvalue weighted by Gasteiger charge is 2.06. The molecule has 3 N–H and O–H groups in total. The lowest BCUT2D eigenvalue weighted by Crippen LogP contribution is -2.16. The van der Waals surface area contributed by atoms with E-state index < -0.39 is 0 Å². The normalized spacial score (nSPS) is 10.1. The third-order valence-corrected chi connectivity index (χ3v) is 2.72. The van der Waals surface area contributed by atoms with Gasteiger partial charge in [-0.2, -0.15) is 0 Å². The lowest BCUT2D eigenvalue weighted by Gasteiger charge is -2.09. The van der Waals surface area contributed by atoms with Crippen molar-refractivity contribution < 1.29 is 4.79 Å². The monoisotopic (exact) mass is 240 g/mol. The predicted octanol–water partition coefficient (Wildman–Crippen LogP) is 2.33. The van der Waals surface area contributed by atoms with Crippen LogP contribution in [0.25, 0.3) is 0 Å². The van der Waals surface area contributed by atoms with E-state index in [1.807, 2.05) is 54.6 Å². The molecular weight excluding hydrogens is 224 g/mol. The summed E-state index contributed by atoms with van der Waals surface area (Å²) in [5.41, 5.74) is 8.36. The second-order valence-electron chi connectivity index (χ2n) is 4.07. The van der Waals surface area contributed by atoms with Crippen molar-refractivity contribution in [3.63, 3.8) is 0 Å². The first-order valence-corrected chi connectivity index (χ1v) is 5.91. The largest absolute Gasteiger partial charge is 0.326 e. The maximum atomic E-state index is 11.9. The van der Waals surface area contributed by atoms with Crippen molar-refractivity contribution in [1.29, 1.82) is 0 Å². The van der Waals surface area contributed by atoms with Crippen LogP contribution in [-0.4, -0.2) is 5.91 Å². The number of rotatable bonds is 4. The molecular formula is C15H16N2O. The Balaban J connectivity index is 2.03. The Labute approximate surface area is 107 Å². The quantitative estimate of drug-likeness (QED) is 0.861. The molecule has 3 heteroatoms. The van der Waals surface area contributed by atoms with Gasteiger partial charge in [0, 0.05) is 12.2 Å². The lowest BCUT2D eigenvalue weighted by molar-refractivity contribution is -0.115. The summed E-state index contributed by atoms with van der Waals surface area (Å²) in [5, 5.41) is 2.89. The van der Waals surface area contributed by atoms with Gasteiger partial charge >= 0.3 is 0 Å². The minimum Gasteiger partial charge on any atom is -0.326 e. The maximum absolute atomic E-state index is 11.9. The molecule has 0 spiro atoms. The van der Waals surface area contributed by atoms with E-state index >= 15 is 0 Å². The average molecular weight is 240 g/mol. The first kappa shape index (κ1) is 12.3. The predicted molar refractivity (Wildman–Crippen MR) is 73.1 cm³/mol. The van der Waals surface area contributed by atoms with Crippen LogP contribution < -0.4 is 11.1 Å². The first-order valence-electron chi connectivity index (χ1n) is 5.91. The molecule has 0 fully saturated rings. The van der Waals surface area contributed by atoms with Gasteiger partial charge in [0.15, 0.2) is 0 Å². The molecule has 0 unspecified atom stereocenters. The number of para-hydroxylation sites is 1. The van der Waals surface area contributed by atoms with Gasteiger partial charge in [-0.3, -0.25) is 4.79 Å². The molecule has 0 aromatic heterocycles. The van der Waals surface area contributed by atoms with Crippen LogP contribution in [0.15, 0.2) is 54.6 Å². The van der Waals surface area contributed by atoms with Crippen LogP contribution in [0.2, 0.25) is 0 Å². The van der Waals surface area contributed by atoms with Gasteiger partial charge < -0.3 is 11.1 Å². The van der Waals surface area contributed by atoms with Crippen LogP contribution in [0.4, 0.5) is 5.69 Å². The Hall–Kier alpha value is -2.13. The summed E-state index contributed by atoms with van der Waals surface area (Å²) in [7, 11) is 0. The summed E-state index contributed by atoms with van der Waals surface area (Å²) in [6.07, 6.45) is 0.375. The van der Waals surface area contributed by atoms with Gasteiger partial charge in [-0.05, 0) is 17.2 Å². The number of carbonyl (C=O) groups excluding carboxylic acids is 1. The van der Waals surface area contributed by atoms with Crippen LogP contribution in [0.1, 0.15) is 11.1 Å². The van der Waals surface area contributed by atoms with E-state index in [1.165, 1.54) is 0 Å². The highest BCUT2D eigenvalue weighted by atomic mass is 16.1. The van der Waals surface area contributed by atoms with E-state index in [0.29, 0.717) is 13.0 Å². The molecule has 0 atom stereocenters. The van der Waals surface area contributed by atoms with Crippen molar-refractivity contribution in [1.82, 2.24) is 0 Å². The fourth-order valence-corrected chi connectivity index (χ4v) is 1.80. The van der Waals surface area contributed by atoms with Gasteiger partial charge in [0.05, 0.1) is 6.42 Å². The first-order chi connectivity index (χ1) is 8.79. The summed E-state index contributed by atoms with van der Waals surface area (Å²) in [6.45, 7) is 0.418. The van der Waals surface area contributed by atoms with Crippen molar-refractivity contribution in [3.8, 4) is 0 Å². The molecule has 18 heavy (non-hydrogen) atoms. The Morgan fingerprint density at radius 2 is 1.67 bits per heavy atom. The molecule has 0 bridgehead atoms. The third kappa shape index (κ3) is 3.18. The summed E-state index contributed by atoms with van der Waals surface area (Å²) in [5.74, 6) is -0.0258.